The Kier molecular flexibility index (Phi) is 34.0. The molecule has 5 atom stereocenters. The van der Waals surface area contributed by atoms with Crippen molar-refractivity contribution in [3.05, 3.63) is 85.1 Å². The summed E-state index contributed by atoms with van der Waals surface area (Å²) < 4.78 is 38.3. The van der Waals surface area contributed by atoms with Crippen molar-refractivity contribution in [1.82, 2.24) is 0 Å². The van der Waals surface area contributed by atoms with Crippen LogP contribution in [0.15, 0.2) is 85.1 Å². The average Bonchev–Trinajstić information content (AvgIpc) is 3.97. The number of epoxide rings is 1. The molecule has 12 heteroatoms. The number of aliphatic hydroxyl groups excluding tert-OH is 2. The molecule has 0 spiro atoms. The summed E-state index contributed by atoms with van der Waals surface area (Å²) in [7, 11) is -4.65. The molecule has 0 aromatic heterocycles. The molecule has 330 valence electrons. The van der Waals surface area contributed by atoms with Crippen molar-refractivity contribution in [3.63, 3.8) is 0 Å². The lowest BCUT2D eigenvalue weighted by Crippen LogP contribution is -2.29. The monoisotopic (exact) mass is 835 g/mol. The van der Waals surface area contributed by atoms with Gasteiger partial charge in [0.2, 0.25) is 0 Å². The number of hydrogen-bond acceptors (Lipinski definition) is 10. The van der Waals surface area contributed by atoms with Crippen molar-refractivity contribution in [3.8, 4) is 0 Å². The molecule has 0 aromatic rings. The van der Waals surface area contributed by atoms with Crippen LogP contribution in [0.4, 0.5) is 0 Å². The molecule has 0 amide bonds. The highest BCUT2D eigenvalue weighted by molar-refractivity contribution is 7.47. The molecule has 0 aromatic carbocycles. The van der Waals surface area contributed by atoms with E-state index in [0.29, 0.717) is 25.0 Å². The first kappa shape index (κ1) is 53.1. The van der Waals surface area contributed by atoms with Crippen LogP contribution in [-0.2, 0) is 37.4 Å². The molecule has 3 unspecified atom stereocenters. The van der Waals surface area contributed by atoms with E-state index in [4.69, 9.17) is 23.8 Å². The number of hydrogen-bond donors (Lipinski definition) is 3. The van der Waals surface area contributed by atoms with E-state index < -0.39 is 51.8 Å². The predicted molar refractivity (Wildman–Crippen MR) is 232 cm³/mol. The van der Waals surface area contributed by atoms with Crippen LogP contribution in [0.2, 0.25) is 0 Å². The number of carbonyl (C=O) groups excluding carboxylic acids is 2. The van der Waals surface area contributed by atoms with Gasteiger partial charge in [0.25, 0.3) is 0 Å². The minimum absolute atomic E-state index is 0.105. The highest BCUT2D eigenvalue weighted by Gasteiger charge is 2.36. The molecule has 1 aliphatic heterocycles. The summed E-state index contributed by atoms with van der Waals surface area (Å²) in [5.74, 6) is -1.05. The highest BCUT2D eigenvalue weighted by atomic mass is 31.2. The van der Waals surface area contributed by atoms with E-state index in [-0.39, 0.29) is 19.4 Å². The smallest absolute Gasteiger partial charge is 0.462 e. The first-order chi connectivity index (χ1) is 28.2. The molecule has 1 rings (SSSR count). The Bertz CT molecular complexity index is 1300. The Balaban J connectivity index is 2.31. The summed E-state index contributed by atoms with van der Waals surface area (Å²) in [6, 6.07) is 0. The van der Waals surface area contributed by atoms with E-state index in [1.54, 1.807) is 0 Å². The summed E-state index contributed by atoms with van der Waals surface area (Å²) in [5.41, 5.74) is 0. The van der Waals surface area contributed by atoms with Gasteiger partial charge < -0.3 is 29.3 Å². The van der Waals surface area contributed by atoms with Crippen LogP contribution in [0.3, 0.4) is 0 Å². The fourth-order valence-corrected chi connectivity index (χ4v) is 6.31. The van der Waals surface area contributed by atoms with Crippen molar-refractivity contribution in [2.45, 2.75) is 167 Å². The summed E-state index contributed by atoms with van der Waals surface area (Å²) in [6.45, 7) is 2.11. The van der Waals surface area contributed by atoms with Gasteiger partial charge in [-0.1, -0.05) is 137 Å². The van der Waals surface area contributed by atoms with Crippen LogP contribution >= 0.6 is 7.82 Å². The van der Waals surface area contributed by atoms with Gasteiger partial charge in [-0.05, 0) is 77.0 Å². The van der Waals surface area contributed by atoms with E-state index in [2.05, 4.69) is 91.3 Å². The second kappa shape index (κ2) is 37.1. The van der Waals surface area contributed by atoms with E-state index in [1.807, 2.05) is 12.2 Å². The molecule has 1 fully saturated rings. The molecule has 3 N–H and O–H groups in total. The Hall–Kier alpha value is -2.89. The van der Waals surface area contributed by atoms with Crippen molar-refractivity contribution in [2.24, 2.45) is 0 Å². The molecule has 0 radical (unpaired) electrons. The van der Waals surface area contributed by atoms with E-state index in [9.17, 15) is 24.2 Å². The van der Waals surface area contributed by atoms with E-state index in [0.717, 1.165) is 77.0 Å². The van der Waals surface area contributed by atoms with Crippen molar-refractivity contribution in [1.29, 1.82) is 0 Å². The van der Waals surface area contributed by atoms with Gasteiger partial charge in [0.05, 0.1) is 32.0 Å². The Morgan fingerprint density at radius 2 is 1.19 bits per heavy atom. The standard InChI is InChI=1S/C46H75O11P/c1-3-5-7-8-9-10-11-12-13-14-19-22-25-28-32-36-46(50)56-42(40-55-58(51,52)54-38-41(48)37-47)39-53-45(49)35-31-27-24-21-18-16-15-17-20-23-26-30-34-44-43(57-44)33-29-6-4-2/h6,10-13,16-18,20,24,26-27,29-30,41-44,47-48H,3-5,7-9,14-15,19,21-23,25,28,31-40H2,1-2H3,(H,51,52)/b11-10-,13-12-,18-16-,20-17-,27-24-,29-6-,30-26-/t41-,42+,43?,44?/m0/s1. The number of phosphoric ester groups is 1. The lowest BCUT2D eigenvalue weighted by Gasteiger charge is -2.20. The first-order valence-corrected chi connectivity index (χ1v) is 23.2. The van der Waals surface area contributed by atoms with Gasteiger partial charge in [0.15, 0.2) is 6.10 Å². The molecule has 0 aliphatic carbocycles. The maximum atomic E-state index is 12.6. The van der Waals surface area contributed by atoms with Crippen LogP contribution < -0.4 is 0 Å². The quantitative estimate of drug-likeness (QED) is 0.0136. The zero-order valence-corrected chi connectivity index (χ0v) is 36.3. The number of unbranched alkanes of at least 4 members (excludes halogenated alkanes) is 9. The van der Waals surface area contributed by atoms with Crippen molar-refractivity contribution >= 4 is 19.8 Å². The number of ether oxygens (including phenoxy) is 3. The first-order valence-electron chi connectivity index (χ1n) is 21.7. The third-order valence-corrected chi connectivity index (χ3v) is 9.93. The highest BCUT2D eigenvalue weighted by Crippen LogP contribution is 2.43. The Labute approximate surface area is 349 Å². The SMILES string of the molecule is CC/C=C\CC1OC1C/C=C\C/C=C\C/C=C\C/C=C\CCC(=O)OC[C@H](COP(=O)(O)OC[C@@H](O)CO)OC(=O)CCCCCCC/C=C\C=C/CCCCCC. The maximum absolute atomic E-state index is 12.6. The van der Waals surface area contributed by atoms with Gasteiger partial charge in [0.1, 0.15) is 12.7 Å². The molecule has 11 nitrogen and oxygen atoms in total. The summed E-state index contributed by atoms with van der Waals surface area (Å²) >= 11 is 0. The predicted octanol–water partition coefficient (Wildman–Crippen LogP) is 10.4. The van der Waals surface area contributed by atoms with Crippen LogP contribution in [0.5, 0.6) is 0 Å². The second-order valence-electron chi connectivity index (χ2n) is 14.4. The summed E-state index contributed by atoms with van der Waals surface area (Å²) in [5, 5.41) is 18.3. The minimum atomic E-state index is -4.65. The molecular weight excluding hydrogens is 759 g/mol. The topological polar surface area (TPSA) is 161 Å². The summed E-state index contributed by atoms with van der Waals surface area (Å²) in [6.07, 6.45) is 46.0. The normalized spacial score (nSPS) is 18.2. The Morgan fingerprint density at radius 1 is 0.638 bits per heavy atom. The molecule has 0 saturated carbocycles. The molecular formula is C46H75O11P. The van der Waals surface area contributed by atoms with Gasteiger partial charge >= 0.3 is 19.8 Å². The zero-order chi connectivity index (χ0) is 42.4. The largest absolute Gasteiger partial charge is 0.472 e. The van der Waals surface area contributed by atoms with Crippen LogP contribution in [0.25, 0.3) is 0 Å². The lowest BCUT2D eigenvalue weighted by molar-refractivity contribution is -0.161. The van der Waals surface area contributed by atoms with Crippen molar-refractivity contribution < 1.29 is 52.5 Å². The van der Waals surface area contributed by atoms with Crippen LogP contribution in [-0.4, -0.2) is 77.9 Å². The molecule has 0 bridgehead atoms. The lowest BCUT2D eigenvalue weighted by atomic mass is 10.1. The van der Waals surface area contributed by atoms with E-state index in [1.165, 1.54) is 25.7 Å². The maximum Gasteiger partial charge on any atom is 0.472 e. The number of allylic oxidation sites excluding steroid dienone is 12. The van der Waals surface area contributed by atoms with Gasteiger partial charge in [-0.2, -0.15) is 0 Å². The van der Waals surface area contributed by atoms with Gasteiger partial charge in [-0.15, -0.1) is 0 Å². The number of carbonyl (C=O) groups is 2. The van der Waals surface area contributed by atoms with Gasteiger partial charge in [0, 0.05) is 12.8 Å². The zero-order valence-electron chi connectivity index (χ0n) is 35.4. The van der Waals surface area contributed by atoms with Crippen LogP contribution in [0.1, 0.15) is 142 Å². The fraction of sp³-hybridized carbons (Fsp3) is 0.652. The fourth-order valence-electron chi connectivity index (χ4n) is 5.52. The molecule has 58 heavy (non-hydrogen) atoms. The number of aliphatic hydroxyl groups is 2. The van der Waals surface area contributed by atoms with Gasteiger partial charge in [-0.3, -0.25) is 18.6 Å². The van der Waals surface area contributed by atoms with Gasteiger partial charge in [-0.25, -0.2) is 4.57 Å². The number of esters is 2. The summed E-state index contributed by atoms with van der Waals surface area (Å²) in [4.78, 5) is 35.0. The van der Waals surface area contributed by atoms with E-state index >= 15 is 0 Å². The molecule has 1 aliphatic rings. The van der Waals surface area contributed by atoms with Crippen LogP contribution in [0, 0.1) is 0 Å². The number of rotatable bonds is 38. The number of phosphoric acid groups is 1. The third kappa shape index (κ3) is 34.0. The Morgan fingerprint density at radius 3 is 1.81 bits per heavy atom. The second-order valence-corrected chi connectivity index (χ2v) is 15.9. The third-order valence-electron chi connectivity index (χ3n) is 8.98. The molecule has 1 heterocycles. The van der Waals surface area contributed by atoms with Crippen molar-refractivity contribution in [2.75, 3.05) is 26.4 Å². The minimum Gasteiger partial charge on any atom is -0.462 e. The molecule has 1 saturated heterocycles. The average molecular weight is 835 g/mol.